The smallest absolute Gasteiger partial charge is 0.0437 e. The number of halogens is 1. The van der Waals surface area contributed by atoms with Gasteiger partial charge in [0.15, 0.2) is 0 Å². The first-order chi connectivity index (χ1) is 5.34. The molecule has 0 heterocycles. The van der Waals surface area contributed by atoms with Gasteiger partial charge in [-0.1, -0.05) is 29.8 Å². The number of hydrogen-bond acceptors (Lipinski definition) is 1. The maximum absolute atomic E-state index is 5.94. The molecule has 0 saturated carbocycles. The van der Waals surface area contributed by atoms with Crippen molar-refractivity contribution in [1.82, 2.24) is 0 Å². The first-order valence-corrected chi connectivity index (χ1v) is 4.70. The predicted octanol–water partition coefficient (Wildman–Crippen LogP) is 3.20. The molecule has 0 unspecified atom stereocenters. The summed E-state index contributed by atoms with van der Waals surface area (Å²) in [7, 11) is 0. The molecule has 0 aromatic heterocycles. The molecule has 0 fully saturated rings. The molecule has 0 nitrogen and oxygen atoms in total. The lowest BCUT2D eigenvalue weighted by Gasteiger charge is -2.00. The van der Waals surface area contributed by atoms with E-state index >= 15 is 0 Å². The molecule has 0 amide bonds. The fourth-order valence-corrected chi connectivity index (χ4v) is 1.36. The molecule has 2 heteroatoms. The Morgan fingerprint density at radius 3 is 2.64 bits per heavy atom. The topological polar surface area (TPSA) is 0 Å². The summed E-state index contributed by atoms with van der Waals surface area (Å²) in [5, 5.41) is 0.870. The lowest BCUT2D eigenvalue weighted by atomic mass is 10.1. The van der Waals surface area contributed by atoms with Gasteiger partial charge >= 0.3 is 0 Å². The van der Waals surface area contributed by atoms with Crippen LogP contribution in [0.2, 0.25) is 5.02 Å². The van der Waals surface area contributed by atoms with Crippen LogP contribution in [0.25, 0.3) is 0 Å². The Hall–Kier alpha value is -0.140. The third kappa shape index (κ3) is 2.76. The summed E-state index contributed by atoms with van der Waals surface area (Å²) in [5.41, 5.74) is 1.23. The molecule has 0 spiro atoms. The van der Waals surface area contributed by atoms with E-state index in [1.807, 2.05) is 18.2 Å². The van der Waals surface area contributed by atoms with Gasteiger partial charge in [-0.3, -0.25) is 0 Å². The van der Waals surface area contributed by atoms with Crippen LogP contribution in [0.15, 0.2) is 24.3 Å². The molecule has 0 N–H and O–H groups in total. The van der Waals surface area contributed by atoms with E-state index in [9.17, 15) is 0 Å². The molecule has 1 aromatic carbocycles. The Bertz CT molecular complexity index is 223. The van der Waals surface area contributed by atoms with Gasteiger partial charge in [-0.15, -0.1) is 0 Å². The van der Waals surface area contributed by atoms with Crippen molar-refractivity contribution in [3.8, 4) is 0 Å². The maximum Gasteiger partial charge on any atom is 0.0437 e. The summed E-state index contributed by atoms with van der Waals surface area (Å²) in [4.78, 5) is 0. The summed E-state index contributed by atoms with van der Waals surface area (Å²) >= 11 is 10.1. The Balaban J connectivity index is 2.62. The summed E-state index contributed by atoms with van der Waals surface area (Å²) in [6, 6.07) is 7.95. The minimum Gasteiger partial charge on any atom is -0.179 e. The van der Waals surface area contributed by atoms with Crippen LogP contribution in [0.3, 0.4) is 0 Å². The molecule has 1 aromatic rings. The van der Waals surface area contributed by atoms with E-state index in [1.165, 1.54) is 5.56 Å². The van der Waals surface area contributed by atoms with Gasteiger partial charge in [-0.2, -0.15) is 12.6 Å². The molecule has 0 aliphatic carbocycles. The van der Waals surface area contributed by atoms with Crippen LogP contribution in [-0.4, -0.2) is 5.75 Å². The Morgan fingerprint density at radius 2 is 2.00 bits per heavy atom. The fraction of sp³-hybridized carbons (Fsp3) is 0.333. The van der Waals surface area contributed by atoms with Crippen molar-refractivity contribution < 1.29 is 0 Å². The van der Waals surface area contributed by atoms with E-state index in [0.29, 0.717) is 0 Å². The largest absolute Gasteiger partial charge is 0.179 e. The molecule has 0 bridgehead atoms. The van der Waals surface area contributed by atoms with Crippen LogP contribution in [0.4, 0.5) is 0 Å². The number of hydrogen-bond donors (Lipinski definition) is 1. The van der Waals surface area contributed by atoms with Crippen molar-refractivity contribution in [3.63, 3.8) is 0 Å². The zero-order valence-corrected chi connectivity index (χ0v) is 7.91. The average molecular weight is 187 g/mol. The highest BCUT2D eigenvalue weighted by molar-refractivity contribution is 7.80. The van der Waals surface area contributed by atoms with E-state index in [-0.39, 0.29) is 0 Å². The van der Waals surface area contributed by atoms with E-state index in [2.05, 4.69) is 18.7 Å². The molecule has 11 heavy (non-hydrogen) atoms. The third-order valence-electron chi connectivity index (χ3n) is 1.56. The highest BCUT2D eigenvalue weighted by Gasteiger charge is 1.96. The SMILES string of the molecule is SCCCc1ccccc1Cl. The Morgan fingerprint density at radius 1 is 1.27 bits per heavy atom. The van der Waals surface area contributed by atoms with Gasteiger partial charge in [0.05, 0.1) is 0 Å². The van der Waals surface area contributed by atoms with Gasteiger partial charge in [-0.05, 0) is 30.2 Å². The van der Waals surface area contributed by atoms with Gasteiger partial charge in [-0.25, -0.2) is 0 Å². The third-order valence-corrected chi connectivity index (χ3v) is 2.25. The van der Waals surface area contributed by atoms with Crippen LogP contribution in [0.5, 0.6) is 0 Å². The highest BCUT2D eigenvalue weighted by atomic mass is 35.5. The lowest BCUT2D eigenvalue weighted by molar-refractivity contribution is 0.936. The van der Waals surface area contributed by atoms with Crippen molar-refractivity contribution in [1.29, 1.82) is 0 Å². The van der Waals surface area contributed by atoms with Gasteiger partial charge in [0.1, 0.15) is 0 Å². The second-order valence-electron chi connectivity index (χ2n) is 2.42. The standard InChI is InChI=1S/C9H11ClS/c10-9-6-2-1-4-8(9)5-3-7-11/h1-2,4,6,11H,3,5,7H2. The molecule has 0 saturated heterocycles. The molecule has 60 valence electrons. The van der Waals surface area contributed by atoms with Crippen LogP contribution in [-0.2, 0) is 6.42 Å². The minimum atomic E-state index is 0.870. The van der Waals surface area contributed by atoms with Crippen molar-refractivity contribution >= 4 is 24.2 Å². The van der Waals surface area contributed by atoms with Crippen molar-refractivity contribution in [2.24, 2.45) is 0 Å². The van der Waals surface area contributed by atoms with Crippen LogP contribution in [0.1, 0.15) is 12.0 Å². The van der Waals surface area contributed by atoms with E-state index < -0.39 is 0 Å². The second-order valence-corrected chi connectivity index (χ2v) is 3.27. The first-order valence-electron chi connectivity index (χ1n) is 3.69. The highest BCUT2D eigenvalue weighted by Crippen LogP contribution is 2.16. The molecular formula is C9H11ClS. The van der Waals surface area contributed by atoms with Crippen molar-refractivity contribution in [2.45, 2.75) is 12.8 Å². The zero-order chi connectivity index (χ0) is 8.10. The second kappa shape index (κ2) is 4.68. The molecule has 0 aliphatic heterocycles. The molecule has 0 atom stereocenters. The molecule has 0 aliphatic rings. The van der Waals surface area contributed by atoms with Crippen LogP contribution >= 0.6 is 24.2 Å². The summed E-state index contributed by atoms with van der Waals surface area (Å²) in [6.07, 6.45) is 2.12. The van der Waals surface area contributed by atoms with Gasteiger partial charge in [0.25, 0.3) is 0 Å². The van der Waals surface area contributed by atoms with Gasteiger partial charge in [0, 0.05) is 5.02 Å². The quantitative estimate of drug-likeness (QED) is 0.689. The Labute approximate surface area is 78.0 Å². The van der Waals surface area contributed by atoms with E-state index in [4.69, 9.17) is 11.6 Å². The van der Waals surface area contributed by atoms with Gasteiger partial charge < -0.3 is 0 Å². The summed E-state index contributed by atoms with van der Waals surface area (Å²) in [5.74, 6) is 0.922. The molecular weight excluding hydrogens is 176 g/mol. The maximum atomic E-state index is 5.94. The summed E-state index contributed by atoms with van der Waals surface area (Å²) < 4.78 is 0. The zero-order valence-electron chi connectivity index (χ0n) is 6.26. The average Bonchev–Trinajstić information content (AvgIpc) is 2.03. The summed E-state index contributed by atoms with van der Waals surface area (Å²) in [6.45, 7) is 0. The number of aryl methyl sites for hydroxylation is 1. The van der Waals surface area contributed by atoms with Crippen molar-refractivity contribution in [2.75, 3.05) is 5.75 Å². The molecule has 1 rings (SSSR count). The van der Waals surface area contributed by atoms with Crippen LogP contribution in [0, 0.1) is 0 Å². The van der Waals surface area contributed by atoms with Gasteiger partial charge in [0.2, 0.25) is 0 Å². The minimum absolute atomic E-state index is 0.870. The van der Waals surface area contributed by atoms with E-state index in [0.717, 1.165) is 23.6 Å². The fourth-order valence-electron chi connectivity index (χ4n) is 0.971. The number of benzene rings is 1. The van der Waals surface area contributed by atoms with Crippen molar-refractivity contribution in [3.05, 3.63) is 34.9 Å². The monoisotopic (exact) mass is 186 g/mol. The lowest BCUT2D eigenvalue weighted by Crippen LogP contribution is -1.86. The Kier molecular flexibility index (Phi) is 3.81. The number of thiol groups is 1. The predicted molar refractivity (Wildman–Crippen MR) is 53.6 cm³/mol. The normalized spacial score (nSPS) is 10.0. The number of rotatable bonds is 3. The molecule has 0 radical (unpaired) electrons. The first kappa shape index (κ1) is 8.95. The van der Waals surface area contributed by atoms with E-state index in [1.54, 1.807) is 0 Å². The van der Waals surface area contributed by atoms with Crippen LogP contribution < -0.4 is 0 Å².